The average molecular weight is 394 g/mol. The third-order valence-electron chi connectivity index (χ3n) is 4.13. The van der Waals surface area contributed by atoms with Gasteiger partial charge in [-0.1, -0.05) is 35.5 Å². The van der Waals surface area contributed by atoms with Gasteiger partial charge in [0.2, 0.25) is 0 Å². The molecule has 0 spiro atoms. The monoisotopic (exact) mass is 394 g/mol. The summed E-state index contributed by atoms with van der Waals surface area (Å²) in [5, 5.41) is 6.79. The zero-order valence-electron chi connectivity index (χ0n) is 16.5. The van der Waals surface area contributed by atoms with Crippen molar-refractivity contribution in [2.45, 2.75) is 6.92 Å². The number of benzene rings is 2. The minimum atomic E-state index is -0.332. The number of para-hydroxylation sites is 2. The number of carbonyl (C=O) groups excluding carboxylic acids is 1. The molecule has 1 N–H and O–H groups in total. The average Bonchev–Trinajstić information content (AvgIpc) is 3.10. The lowest BCUT2D eigenvalue weighted by atomic mass is 10.2. The van der Waals surface area contributed by atoms with Crippen molar-refractivity contribution in [2.24, 2.45) is 0 Å². The Morgan fingerprint density at radius 3 is 2.45 bits per heavy atom. The SMILES string of the molecule is COc1ccc(C=Cc2noc(C)c2NC(=O)COc2ccccc2OC)cc1. The minimum Gasteiger partial charge on any atom is -0.497 e. The Kier molecular flexibility index (Phi) is 6.52. The number of nitrogens with zero attached hydrogens (tertiary/aromatic N) is 1. The second-order valence-electron chi connectivity index (χ2n) is 6.09. The summed E-state index contributed by atoms with van der Waals surface area (Å²) in [7, 11) is 3.17. The summed E-state index contributed by atoms with van der Waals surface area (Å²) >= 11 is 0. The molecule has 0 atom stereocenters. The van der Waals surface area contributed by atoms with Crippen molar-refractivity contribution in [3.8, 4) is 17.2 Å². The van der Waals surface area contributed by atoms with Crippen LogP contribution in [0.1, 0.15) is 17.0 Å². The van der Waals surface area contributed by atoms with Gasteiger partial charge in [-0.3, -0.25) is 4.79 Å². The molecule has 7 nitrogen and oxygen atoms in total. The first-order chi connectivity index (χ1) is 14.1. The van der Waals surface area contributed by atoms with Gasteiger partial charge in [-0.05, 0) is 42.8 Å². The Morgan fingerprint density at radius 1 is 1.03 bits per heavy atom. The molecule has 0 fully saturated rings. The van der Waals surface area contributed by atoms with Crippen LogP contribution < -0.4 is 19.5 Å². The molecule has 0 aliphatic rings. The van der Waals surface area contributed by atoms with Crippen LogP contribution in [0, 0.1) is 6.92 Å². The Morgan fingerprint density at radius 2 is 1.76 bits per heavy atom. The van der Waals surface area contributed by atoms with Crippen molar-refractivity contribution in [3.63, 3.8) is 0 Å². The third-order valence-corrected chi connectivity index (χ3v) is 4.13. The summed E-state index contributed by atoms with van der Waals surface area (Å²) in [6.45, 7) is 1.56. The number of rotatable bonds is 8. The zero-order chi connectivity index (χ0) is 20.6. The highest BCUT2D eigenvalue weighted by Gasteiger charge is 2.15. The second kappa shape index (κ2) is 9.45. The molecular weight excluding hydrogens is 372 g/mol. The van der Waals surface area contributed by atoms with Crippen LogP contribution in [0.2, 0.25) is 0 Å². The maximum atomic E-state index is 12.3. The van der Waals surface area contributed by atoms with Gasteiger partial charge in [0.1, 0.15) is 17.1 Å². The first-order valence-corrected chi connectivity index (χ1v) is 8.94. The Bertz CT molecular complexity index is 993. The van der Waals surface area contributed by atoms with Crippen molar-refractivity contribution in [1.29, 1.82) is 0 Å². The molecule has 3 aromatic rings. The molecule has 1 aromatic heterocycles. The summed E-state index contributed by atoms with van der Waals surface area (Å²) in [5.74, 6) is 2.00. The Balaban J connectivity index is 1.65. The first kappa shape index (κ1) is 20.0. The summed E-state index contributed by atoms with van der Waals surface area (Å²) in [4.78, 5) is 12.3. The van der Waals surface area contributed by atoms with Gasteiger partial charge in [-0.2, -0.15) is 0 Å². The van der Waals surface area contributed by atoms with Gasteiger partial charge in [-0.25, -0.2) is 0 Å². The van der Waals surface area contributed by atoms with E-state index in [0.717, 1.165) is 11.3 Å². The topological polar surface area (TPSA) is 82.8 Å². The van der Waals surface area contributed by atoms with Gasteiger partial charge in [0, 0.05) is 0 Å². The predicted octanol–water partition coefficient (Wildman–Crippen LogP) is 4.19. The number of nitrogens with one attached hydrogen (secondary N) is 1. The van der Waals surface area contributed by atoms with Gasteiger partial charge in [0.05, 0.1) is 14.2 Å². The summed E-state index contributed by atoms with van der Waals surface area (Å²) in [5.41, 5.74) is 1.98. The van der Waals surface area contributed by atoms with E-state index in [4.69, 9.17) is 18.7 Å². The van der Waals surface area contributed by atoms with Gasteiger partial charge < -0.3 is 24.1 Å². The molecule has 2 aromatic carbocycles. The molecule has 0 saturated heterocycles. The molecule has 3 rings (SSSR count). The minimum absolute atomic E-state index is 0.174. The summed E-state index contributed by atoms with van der Waals surface area (Å²) < 4.78 is 21.1. The van der Waals surface area contributed by atoms with Crippen molar-refractivity contribution in [2.75, 3.05) is 26.1 Å². The van der Waals surface area contributed by atoms with Crippen LogP contribution in [0.25, 0.3) is 12.2 Å². The van der Waals surface area contributed by atoms with E-state index in [0.29, 0.717) is 28.6 Å². The van der Waals surface area contributed by atoms with Gasteiger partial charge >= 0.3 is 0 Å². The molecule has 150 valence electrons. The third kappa shape index (κ3) is 5.16. The van der Waals surface area contributed by atoms with E-state index < -0.39 is 0 Å². The van der Waals surface area contributed by atoms with E-state index in [1.165, 1.54) is 0 Å². The van der Waals surface area contributed by atoms with Crippen molar-refractivity contribution >= 4 is 23.7 Å². The second-order valence-corrected chi connectivity index (χ2v) is 6.09. The van der Waals surface area contributed by atoms with Crippen LogP contribution in [-0.2, 0) is 4.79 Å². The number of anilines is 1. The van der Waals surface area contributed by atoms with E-state index >= 15 is 0 Å². The maximum absolute atomic E-state index is 12.3. The normalized spacial score (nSPS) is 10.7. The van der Waals surface area contributed by atoms with E-state index in [9.17, 15) is 4.79 Å². The Labute approximate surface area is 168 Å². The van der Waals surface area contributed by atoms with Crippen LogP contribution in [-0.4, -0.2) is 31.9 Å². The number of aryl methyl sites for hydroxylation is 1. The van der Waals surface area contributed by atoms with E-state index in [-0.39, 0.29) is 12.5 Å². The largest absolute Gasteiger partial charge is 0.497 e. The van der Waals surface area contributed by atoms with Crippen LogP contribution >= 0.6 is 0 Å². The number of aromatic nitrogens is 1. The molecular formula is C22H22N2O5. The molecule has 0 aliphatic heterocycles. The molecule has 0 unspecified atom stereocenters. The number of amides is 1. The smallest absolute Gasteiger partial charge is 0.262 e. The van der Waals surface area contributed by atoms with Crippen LogP contribution in [0.3, 0.4) is 0 Å². The molecule has 29 heavy (non-hydrogen) atoms. The van der Waals surface area contributed by atoms with Crippen LogP contribution in [0.4, 0.5) is 5.69 Å². The van der Waals surface area contributed by atoms with Gasteiger partial charge in [0.25, 0.3) is 5.91 Å². The van der Waals surface area contributed by atoms with Crippen molar-refractivity contribution in [3.05, 3.63) is 65.5 Å². The fourth-order valence-corrected chi connectivity index (χ4v) is 2.60. The highest BCUT2D eigenvalue weighted by Crippen LogP contribution is 2.26. The molecule has 7 heteroatoms. The number of methoxy groups -OCH3 is 2. The lowest BCUT2D eigenvalue weighted by molar-refractivity contribution is -0.118. The maximum Gasteiger partial charge on any atom is 0.262 e. The predicted molar refractivity (Wildman–Crippen MR) is 110 cm³/mol. The number of carbonyl (C=O) groups is 1. The molecule has 0 radical (unpaired) electrons. The van der Waals surface area contributed by atoms with E-state index in [2.05, 4.69) is 10.5 Å². The molecule has 0 saturated carbocycles. The van der Waals surface area contributed by atoms with Gasteiger partial charge in [0.15, 0.2) is 23.9 Å². The number of hydrogen-bond acceptors (Lipinski definition) is 6. The number of ether oxygens (including phenoxy) is 3. The molecule has 1 amide bonds. The fraction of sp³-hybridized carbons (Fsp3) is 0.182. The summed E-state index contributed by atoms with van der Waals surface area (Å²) in [6, 6.07) is 14.7. The van der Waals surface area contributed by atoms with E-state index in [1.807, 2.05) is 42.5 Å². The molecule has 1 heterocycles. The van der Waals surface area contributed by atoms with E-state index in [1.54, 1.807) is 39.4 Å². The van der Waals surface area contributed by atoms with Crippen molar-refractivity contribution < 1.29 is 23.5 Å². The fourth-order valence-electron chi connectivity index (χ4n) is 2.60. The van der Waals surface area contributed by atoms with Gasteiger partial charge in [-0.15, -0.1) is 0 Å². The first-order valence-electron chi connectivity index (χ1n) is 8.94. The highest BCUT2D eigenvalue weighted by atomic mass is 16.5. The lowest BCUT2D eigenvalue weighted by Gasteiger charge is -2.10. The van der Waals surface area contributed by atoms with Crippen molar-refractivity contribution in [1.82, 2.24) is 5.16 Å². The van der Waals surface area contributed by atoms with Crippen LogP contribution in [0.5, 0.6) is 17.2 Å². The zero-order valence-corrected chi connectivity index (χ0v) is 16.5. The standard InChI is InChI=1S/C22H22N2O5/c1-15-22(23-21(25)14-28-20-7-5-4-6-19(20)27-3)18(24-29-15)13-10-16-8-11-17(26-2)12-9-16/h4-13H,14H2,1-3H3,(H,23,25). The molecule has 0 bridgehead atoms. The summed E-state index contributed by atoms with van der Waals surface area (Å²) in [6.07, 6.45) is 3.65. The highest BCUT2D eigenvalue weighted by molar-refractivity contribution is 5.94. The lowest BCUT2D eigenvalue weighted by Crippen LogP contribution is -2.21. The van der Waals surface area contributed by atoms with Crippen LogP contribution in [0.15, 0.2) is 53.1 Å². The number of hydrogen-bond donors (Lipinski definition) is 1. The Hall–Kier alpha value is -3.74. The molecule has 0 aliphatic carbocycles. The quantitative estimate of drug-likeness (QED) is 0.617.